The van der Waals surface area contributed by atoms with Gasteiger partial charge in [0.25, 0.3) is 0 Å². The first-order chi connectivity index (χ1) is 20.3. The summed E-state index contributed by atoms with van der Waals surface area (Å²) in [5.74, 6) is 2.58. The van der Waals surface area contributed by atoms with Crippen LogP contribution in [0.5, 0.6) is 0 Å². The Morgan fingerprint density at radius 2 is 0.561 bits per heavy atom. The van der Waals surface area contributed by atoms with Crippen LogP contribution in [-0.2, 0) is 0 Å². The van der Waals surface area contributed by atoms with Crippen LogP contribution in [0.1, 0.15) is 0 Å². The third-order valence-corrected chi connectivity index (χ3v) is 16.1. The van der Waals surface area contributed by atoms with E-state index in [1.165, 1.54) is 31.8 Å². The van der Waals surface area contributed by atoms with Gasteiger partial charge in [-0.2, -0.15) is 0 Å². The summed E-state index contributed by atoms with van der Waals surface area (Å²) in [5.41, 5.74) is 0. The Balaban J connectivity index is 1.59. The molecule has 41 heavy (non-hydrogen) atoms. The lowest BCUT2D eigenvalue weighted by Crippen LogP contribution is -2.33. The van der Waals surface area contributed by atoms with E-state index < -0.39 is 14.5 Å². The fraction of sp³-hybridized carbons (Fsp3) is 0.0256. The number of hydrogen-bond donors (Lipinski definition) is 0. The molecular formula is C39H34P2+2. The summed E-state index contributed by atoms with van der Waals surface area (Å²) >= 11 is 0. The number of hydrogen-bond acceptors (Lipinski definition) is 0. The van der Waals surface area contributed by atoms with Crippen LogP contribution in [0.3, 0.4) is 0 Å². The van der Waals surface area contributed by atoms with Gasteiger partial charge in [0.2, 0.25) is 0 Å². The average Bonchev–Trinajstić information content (AvgIpc) is 3.08. The van der Waals surface area contributed by atoms with E-state index >= 15 is 0 Å². The zero-order chi connectivity index (χ0) is 27.8. The first-order valence-electron chi connectivity index (χ1n) is 14.1. The van der Waals surface area contributed by atoms with Crippen molar-refractivity contribution in [2.75, 3.05) is 6.16 Å². The van der Waals surface area contributed by atoms with Crippen molar-refractivity contribution in [3.8, 4) is 0 Å². The molecule has 0 N–H and O–H groups in total. The second kappa shape index (κ2) is 12.6. The normalized spacial score (nSPS) is 11.9. The Morgan fingerprint density at radius 3 is 0.829 bits per heavy atom. The monoisotopic (exact) mass is 564 g/mol. The van der Waals surface area contributed by atoms with Crippen LogP contribution in [0.4, 0.5) is 0 Å². The predicted molar refractivity (Wildman–Crippen MR) is 184 cm³/mol. The third kappa shape index (κ3) is 5.35. The maximum Gasteiger partial charge on any atom is 0.136 e. The molecule has 198 valence electrons. The molecule has 0 amide bonds. The molecule has 0 unspecified atom stereocenters. The highest BCUT2D eigenvalue weighted by Gasteiger charge is 2.47. The number of allylic oxidation sites excluding steroid dienone is 1. The molecule has 0 aliphatic heterocycles. The van der Waals surface area contributed by atoms with Crippen molar-refractivity contribution in [2.24, 2.45) is 0 Å². The molecule has 0 bridgehead atoms. The third-order valence-electron chi connectivity index (χ3n) is 7.79. The van der Waals surface area contributed by atoms with Gasteiger partial charge in [0.1, 0.15) is 46.4 Å². The minimum absolute atomic E-state index is 0.944. The molecule has 0 radical (unpaired) electrons. The van der Waals surface area contributed by atoms with Gasteiger partial charge in [-0.25, -0.2) is 0 Å². The largest absolute Gasteiger partial charge is 0.136 e. The molecule has 0 aliphatic rings. The van der Waals surface area contributed by atoms with E-state index in [1.54, 1.807) is 0 Å². The van der Waals surface area contributed by atoms with Gasteiger partial charge in [0.15, 0.2) is 0 Å². The van der Waals surface area contributed by atoms with Crippen molar-refractivity contribution in [1.82, 2.24) is 0 Å². The van der Waals surface area contributed by atoms with Gasteiger partial charge in [-0.1, -0.05) is 109 Å². The Labute approximate surface area is 245 Å². The molecule has 0 nitrogen and oxygen atoms in total. The second-order valence-electron chi connectivity index (χ2n) is 10.1. The summed E-state index contributed by atoms with van der Waals surface area (Å²) < 4.78 is 0. The summed E-state index contributed by atoms with van der Waals surface area (Å²) in [6.45, 7) is 0. The lowest BCUT2D eigenvalue weighted by Gasteiger charge is -2.27. The highest BCUT2D eigenvalue weighted by molar-refractivity contribution is 7.98. The first-order valence-corrected chi connectivity index (χ1v) is 18.0. The van der Waals surface area contributed by atoms with Crippen LogP contribution < -0.4 is 31.8 Å². The molecule has 0 aliphatic carbocycles. The summed E-state index contributed by atoms with van der Waals surface area (Å²) in [4.78, 5) is 0. The summed E-state index contributed by atoms with van der Waals surface area (Å²) in [6, 6.07) is 66.8. The molecule has 6 aromatic rings. The van der Waals surface area contributed by atoms with E-state index in [4.69, 9.17) is 0 Å². The van der Waals surface area contributed by atoms with Crippen molar-refractivity contribution in [2.45, 2.75) is 0 Å². The van der Waals surface area contributed by atoms with Crippen LogP contribution in [0.15, 0.2) is 194 Å². The topological polar surface area (TPSA) is 0 Å². The van der Waals surface area contributed by atoms with Crippen LogP contribution in [-0.4, -0.2) is 6.16 Å². The zero-order valence-electron chi connectivity index (χ0n) is 23.1. The molecule has 0 heterocycles. The predicted octanol–water partition coefficient (Wildman–Crippen LogP) is 7.49. The van der Waals surface area contributed by atoms with Crippen LogP contribution in [0, 0.1) is 0 Å². The van der Waals surface area contributed by atoms with Crippen LogP contribution in [0.2, 0.25) is 0 Å². The minimum atomic E-state index is -2.08. The molecule has 0 saturated carbocycles. The molecule has 6 rings (SSSR count). The lowest BCUT2D eigenvalue weighted by atomic mass is 10.4. The van der Waals surface area contributed by atoms with Gasteiger partial charge in [-0.3, -0.25) is 0 Å². The highest BCUT2D eigenvalue weighted by atomic mass is 31.2. The number of benzene rings is 6. The van der Waals surface area contributed by atoms with Gasteiger partial charge >= 0.3 is 0 Å². The summed E-state index contributed by atoms with van der Waals surface area (Å²) in [6.07, 6.45) is 3.46. The zero-order valence-corrected chi connectivity index (χ0v) is 24.9. The quantitative estimate of drug-likeness (QED) is 0.160. The maximum atomic E-state index is 2.58. The second-order valence-corrected chi connectivity index (χ2v) is 16.9. The van der Waals surface area contributed by atoms with E-state index in [0.717, 1.165) is 6.16 Å². The fourth-order valence-electron chi connectivity index (χ4n) is 5.87. The standard InChI is InChI=1S/C39H34P2/c1-7-20-34(21-8-1)40(35-22-9-2-10-23-35,36-24-11-3-12-25-36)32-19-33-41(37-26-13-4-14-27-37,38-28-15-5-16-29-38)39-30-17-6-18-31-39/h1-32H,33H2/q+2. The van der Waals surface area contributed by atoms with Gasteiger partial charge in [-0.05, 0) is 78.9 Å². The van der Waals surface area contributed by atoms with E-state index in [2.05, 4.69) is 194 Å². The average molecular weight is 565 g/mol. The van der Waals surface area contributed by atoms with E-state index in [0.29, 0.717) is 0 Å². The van der Waals surface area contributed by atoms with Gasteiger partial charge in [0.05, 0.1) is 12.0 Å². The Kier molecular flexibility index (Phi) is 8.34. The SMILES string of the molecule is C(=C[P+](c1ccccc1)(c1ccccc1)c1ccccc1)C[P+](c1ccccc1)(c1ccccc1)c1ccccc1. The highest BCUT2D eigenvalue weighted by Crippen LogP contribution is 2.59. The first kappa shape index (κ1) is 27.1. The molecule has 0 saturated heterocycles. The maximum absolute atomic E-state index is 2.58. The fourth-order valence-corrected chi connectivity index (χ4v) is 13.8. The van der Waals surface area contributed by atoms with Crippen LogP contribution in [0.25, 0.3) is 0 Å². The molecule has 0 spiro atoms. The van der Waals surface area contributed by atoms with Gasteiger partial charge < -0.3 is 0 Å². The van der Waals surface area contributed by atoms with E-state index in [9.17, 15) is 0 Å². The summed E-state index contributed by atoms with van der Waals surface area (Å²) in [7, 11) is -4.06. The summed E-state index contributed by atoms with van der Waals surface area (Å²) in [5, 5.41) is 8.34. The van der Waals surface area contributed by atoms with Gasteiger partial charge in [-0.15, -0.1) is 0 Å². The smallest absolute Gasteiger partial charge is 0.0620 e. The molecule has 0 fully saturated rings. The number of rotatable bonds is 9. The van der Waals surface area contributed by atoms with E-state index in [-0.39, 0.29) is 0 Å². The van der Waals surface area contributed by atoms with Gasteiger partial charge in [0, 0.05) is 0 Å². The molecular weight excluding hydrogens is 530 g/mol. The Morgan fingerprint density at radius 1 is 0.317 bits per heavy atom. The van der Waals surface area contributed by atoms with Crippen molar-refractivity contribution in [1.29, 1.82) is 0 Å². The molecule has 0 atom stereocenters. The van der Waals surface area contributed by atoms with Crippen molar-refractivity contribution in [3.63, 3.8) is 0 Å². The molecule has 6 aromatic carbocycles. The van der Waals surface area contributed by atoms with Crippen molar-refractivity contribution in [3.05, 3.63) is 194 Å². The van der Waals surface area contributed by atoms with Crippen molar-refractivity contribution >= 4 is 46.4 Å². The molecule has 2 heteroatoms. The van der Waals surface area contributed by atoms with Crippen molar-refractivity contribution < 1.29 is 0 Å². The Hall–Kier alpha value is -4.08. The minimum Gasteiger partial charge on any atom is -0.0620 e. The Bertz CT molecular complexity index is 1470. The molecule has 0 aromatic heterocycles. The van der Waals surface area contributed by atoms with Crippen LogP contribution >= 0.6 is 14.5 Å². The van der Waals surface area contributed by atoms with E-state index in [1.807, 2.05) is 0 Å². The lowest BCUT2D eigenvalue weighted by molar-refractivity contribution is 1.65.